The minimum Gasteiger partial charge on any atom is -0.493 e. The summed E-state index contributed by atoms with van der Waals surface area (Å²) in [6, 6.07) is 6.07. The summed E-state index contributed by atoms with van der Waals surface area (Å²) in [5.41, 5.74) is 2.98. The molecule has 2 aromatic rings. The van der Waals surface area contributed by atoms with E-state index in [1.165, 1.54) is 11.3 Å². The molecule has 1 aromatic heterocycles. The summed E-state index contributed by atoms with van der Waals surface area (Å²) in [6.07, 6.45) is 2.92. The molecular weight excluding hydrogens is 348 g/mol. The molecule has 6 heteroatoms. The third kappa shape index (κ3) is 3.35. The van der Waals surface area contributed by atoms with Crippen LogP contribution in [-0.2, 0) is 4.74 Å². The molecule has 26 heavy (non-hydrogen) atoms. The van der Waals surface area contributed by atoms with E-state index in [1.807, 2.05) is 32.0 Å². The van der Waals surface area contributed by atoms with Crippen LogP contribution >= 0.6 is 11.3 Å². The molecule has 1 amide bonds. The number of hydrogen-bond acceptors (Lipinski definition) is 5. The lowest BCUT2D eigenvalue weighted by Crippen LogP contribution is -2.32. The number of carbonyl (C=O) groups excluding carboxylic acids is 1. The first kappa shape index (κ1) is 17.5. The van der Waals surface area contributed by atoms with E-state index in [2.05, 4.69) is 10.3 Å². The molecule has 138 valence electrons. The topological polar surface area (TPSA) is 60.5 Å². The quantitative estimate of drug-likeness (QED) is 0.887. The van der Waals surface area contributed by atoms with Gasteiger partial charge in [0.1, 0.15) is 10.6 Å². The number of fused-ring (bicyclic) bond motifs is 1. The monoisotopic (exact) mass is 372 g/mol. The first-order valence-corrected chi connectivity index (χ1v) is 10.0. The zero-order chi connectivity index (χ0) is 18.1. The first-order valence-electron chi connectivity index (χ1n) is 9.21. The van der Waals surface area contributed by atoms with Gasteiger partial charge in [-0.3, -0.25) is 4.79 Å². The first-order chi connectivity index (χ1) is 12.6. The lowest BCUT2D eigenvalue weighted by atomic mass is 9.98. The zero-order valence-electron chi connectivity index (χ0n) is 15.2. The maximum Gasteiger partial charge on any atom is 0.263 e. The second-order valence-electron chi connectivity index (χ2n) is 7.04. The van der Waals surface area contributed by atoms with Crippen molar-refractivity contribution in [1.29, 1.82) is 0 Å². The summed E-state index contributed by atoms with van der Waals surface area (Å²) in [7, 11) is 0. The Labute approximate surface area is 157 Å². The van der Waals surface area contributed by atoms with E-state index >= 15 is 0 Å². The highest BCUT2D eigenvalue weighted by Crippen LogP contribution is 2.35. The van der Waals surface area contributed by atoms with E-state index in [-0.39, 0.29) is 11.9 Å². The predicted octanol–water partition coefficient (Wildman–Crippen LogP) is 3.91. The number of ether oxygens (including phenoxy) is 2. The van der Waals surface area contributed by atoms with Crippen molar-refractivity contribution in [2.45, 2.75) is 45.1 Å². The molecule has 2 atom stereocenters. The van der Waals surface area contributed by atoms with Gasteiger partial charge in [0, 0.05) is 24.5 Å². The Bertz CT molecular complexity index is 811. The van der Waals surface area contributed by atoms with Crippen LogP contribution < -0.4 is 10.1 Å². The van der Waals surface area contributed by atoms with Crippen molar-refractivity contribution in [2.75, 3.05) is 19.8 Å². The summed E-state index contributed by atoms with van der Waals surface area (Å²) < 4.78 is 11.4. The van der Waals surface area contributed by atoms with Crippen LogP contribution in [0.3, 0.4) is 0 Å². The summed E-state index contributed by atoms with van der Waals surface area (Å²) in [4.78, 5) is 18.3. The normalized spacial score (nSPS) is 22.4. The molecule has 2 aliphatic heterocycles. The van der Waals surface area contributed by atoms with Crippen molar-refractivity contribution in [3.63, 3.8) is 0 Å². The van der Waals surface area contributed by atoms with Gasteiger partial charge in [0.25, 0.3) is 5.91 Å². The lowest BCUT2D eigenvalue weighted by Gasteiger charge is -2.27. The van der Waals surface area contributed by atoms with Crippen LogP contribution in [0.25, 0.3) is 0 Å². The molecular formula is C20H24N2O3S. The number of aryl methyl sites for hydroxylation is 2. The third-order valence-electron chi connectivity index (χ3n) is 5.10. The summed E-state index contributed by atoms with van der Waals surface area (Å²) in [5.74, 6) is 1.19. The van der Waals surface area contributed by atoms with E-state index in [1.54, 1.807) is 0 Å². The molecule has 1 saturated heterocycles. The fourth-order valence-electron chi connectivity index (χ4n) is 3.69. The fourth-order valence-corrected chi connectivity index (χ4v) is 4.78. The summed E-state index contributed by atoms with van der Waals surface area (Å²) in [6.45, 7) is 6.11. The Morgan fingerprint density at radius 1 is 1.27 bits per heavy atom. The molecule has 1 N–H and O–H groups in total. The van der Waals surface area contributed by atoms with E-state index in [4.69, 9.17) is 9.47 Å². The molecule has 0 radical (unpaired) electrons. The SMILES string of the molecule is Cc1cccc2c1OCC[C@H]2NC(=O)c1sc(C2CCCOC2)nc1C. The number of carbonyl (C=O) groups is 1. The van der Waals surface area contributed by atoms with Crippen LogP contribution in [0.4, 0.5) is 0 Å². The van der Waals surface area contributed by atoms with Crippen molar-refractivity contribution in [1.82, 2.24) is 10.3 Å². The van der Waals surface area contributed by atoms with E-state index in [0.717, 1.165) is 53.4 Å². The lowest BCUT2D eigenvalue weighted by molar-refractivity contribution is 0.0803. The number of thiazole rings is 1. The Hall–Kier alpha value is -1.92. The third-order valence-corrected chi connectivity index (χ3v) is 6.42. The standard InChI is InChI=1S/C20H24N2O3S/c1-12-5-3-7-15-16(8-10-25-17(12)15)22-19(23)18-13(2)21-20(26-18)14-6-4-9-24-11-14/h3,5,7,14,16H,4,6,8-11H2,1-2H3,(H,22,23)/t14?,16-/m1/s1. The van der Waals surface area contributed by atoms with Crippen molar-refractivity contribution >= 4 is 17.2 Å². The van der Waals surface area contributed by atoms with Crippen LogP contribution in [0.2, 0.25) is 0 Å². The number of rotatable bonds is 3. The average Bonchev–Trinajstić information content (AvgIpc) is 3.05. The maximum atomic E-state index is 12.9. The van der Waals surface area contributed by atoms with Gasteiger partial charge in [0.15, 0.2) is 0 Å². The van der Waals surface area contributed by atoms with Gasteiger partial charge >= 0.3 is 0 Å². The highest BCUT2D eigenvalue weighted by Gasteiger charge is 2.27. The number of para-hydroxylation sites is 1. The second-order valence-corrected chi connectivity index (χ2v) is 8.07. The largest absolute Gasteiger partial charge is 0.493 e. The Morgan fingerprint density at radius 3 is 2.96 bits per heavy atom. The molecule has 4 rings (SSSR count). The highest BCUT2D eigenvalue weighted by atomic mass is 32.1. The number of nitrogens with zero attached hydrogens (tertiary/aromatic N) is 1. The average molecular weight is 372 g/mol. The highest BCUT2D eigenvalue weighted by molar-refractivity contribution is 7.13. The van der Waals surface area contributed by atoms with E-state index < -0.39 is 0 Å². The molecule has 1 fully saturated rings. The van der Waals surface area contributed by atoms with Gasteiger partial charge < -0.3 is 14.8 Å². The van der Waals surface area contributed by atoms with Crippen LogP contribution in [0.5, 0.6) is 5.75 Å². The van der Waals surface area contributed by atoms with Crippen molar-refractivity contribution in [3.8, 4) is 5.75 Å². The zero-order valence-corrected chi connectivity index (χ0v) is 16.0. The molecule has 3 heterocycles. The predicted molar refractivity (Wildman–Crippen MR) is 101 cm³/mol. The van der Waals surface area contributed by atoms with Gasteiger partial charge in [-0.05, 0) is 32.3 Å². The van der Waals surface area contributed by atoms with Crippen molar-refractivity contribution in [2.24, 2.45) is 0 Å². The molecule has 1 unspecified atom stereocenters. The Kier molecular flexibility index (Phi) is 4.96. The fraction of sp³-hybridized carbons (Fsp3) is 0.500. The maximum absolute atomic E-state index is 12.9. The molecule has 0 saturated carbocycles. The Balaban J connectivity index is 1.53. The number of amides is 1. The van der Waals surface area contributed by atoms with Crippen molar-refractivity contribution < 1.29 is 14.3 Å². The Morgan fingerprint density at radius 2 is 2.15 bits per heavy atom. The van der Waals surface area contributed by atoms with Gasteiger partial charge in [0.2, 0.25) is 0 Å². The van der Waals surface area contributed by atoms with E-state index in [9.17, 15) is 4.79 Å². The van der Waals surface area contributed by atoms with Crippen LogP contribution in [-0.4, -0.2) is 30.7 Å². The molecule has 0 spiro atoms. The summed E-state index contributed by atoms with van der Waals surface area (Å²) >= 11 is 1.51. The smallest absolute Gasteiger partial charge is 0.263 e. The minimum absolute atomic E-state index is 0.0193. The van der Waals surface area contributed by atoms with Gasteiger partial charge in [-0.1, -0.05) is 18.2 Å². The van der Waals surface area contributed by atoms with Crippen LogP contribution in [0.1, 0.15) is 62.7 Å². The van der Waals surface area contributed by atoms with E-state index in [0.29, 0.717) is 24.0 Å². The number of aromatic nitrogens is 1. The molecule has 2 aliphatic rings. The van der Waals surface area contributed by atoms with Crippen molar-refractivity contribution in [3.05, 3.63) is 44.9 Å². The van der Waals surface area contributed by atoms with Crippen LogP contribution in [0.15, 0.2) is 18.2 Å². The summed E-state index contributed by atoms with van der Waals surface area (Å²) in [5, 5.41) is 4.22. The molecule has 5 nitrogen and oxygen atoms in total. The molecule has 0 aliphatic carbocycles. The van der Waals surface area contributed by atoms with Gasteiger partial charge in [0.05, 0.1) is 30.0 Å². The van der Waals surface area contributed by atoms with Crippen LogP contribution in [0, 0.1) is 13.8 Å². The van der Waals surface area contributed by atoms with Gasteiger partial charge in [-0.2, -0.15) is 0 Å². The number of nitrogens with one attached hydrogen (secondary N) is 1. The van der Waals surface area contributed by atoms with Gasteiger partial charge in [-0.25, -0.2) is 4.98 Å². The number of hydrogen-bond donors (Lipinski definition) is 1. The molecule has 0 bridgehead atoms. The molecule has 1 aromatic carbocycles. The van der Waals surface area contributed by atoms with Gasteiger partial charge in [-0.15, -0.1) is 11.3 Å². The minimum atomic E-state index is -0.0395. The number of benzene rings is 1. The second kappa shape index (κ2) is 7.37.